The van der Waals surface area contributed by atoms with E-state index in [0.717, 1.165) is 0 Å². The van der Waals surface area contributed by atoms with Crippen LogP contribution >= 0.6 is 0 Å². The van der Waals surface area contributed by atoms with Gasteiger partial charge in [0.2, 0.25) is 0 Å². The third-order valence-corrected chi connectivity index (χ3v) is 3.40. The molecular weight excluding hydrogens is 142 g/mol. The molecule has 0 saturated heterocycles. The largest absolute Gasteiger partial charge is 0.503 e. The second kappa shape index (κ2) is 4.78. The van der Waals surface area contributed by atoms with Crippen molar-refractivity contribution in [2.24, 2.45) is 0 Å². The van der Waals surface area contributed by atoms with Crippen LogP contribution in [0.25, 0.3) is 0 Å². The van der Waals surface area contributed by atoms with Crippen molar-refractivity contribution < 1.29 is 3.79 Å². The molecule has 0 aromatic rings. The Balaban J connectivity index is 3.43. The summed E-state index contributed by atoms with van der Waals surface area (Å²) < 4.78 is 5.57. The van der Waals surface area contributed by atoms with Crippen LogP contribution in [0.2, 0.25) is 16.9 Å². The highest BCUT2D eigenvalue weighted by Gasteiger charge is 2.14. The average molecular weight is 156 g/mol. The zero-order valence-electron chi connectivity index (χ0n) is 6.77. The second-order valence-electron chi connectivity index (χ2n) is 2.73. The van der Waals surface area contributed by atoms with Gasteiger partial charge in [-0.05, 0) is 13.8 Å². The zero-order valence-corrected chi connectivity index (χ0v) is 9.08. The Kier molecular flexibility index (Phi) is 5.33. The Hall–Kier alpha value is 1.02. The van der Waals surface area contributed by atoms with Gasteiger partial charge < -0.3 is 3.79 Å². The van der Waals surface area contributed by atoms with Crippen LogP contribution in [0.1, 0.15) is 13.8 Å². The summed E-state index contributed by atoms with van der Waals surface area (Å²) in [5.74, 6) is 4.41. The quantitative estimate of drug-likeness (QED) is 0.562. The molecule has 0 spiro atoms. The van der Waals surface area contributed by atoms with Crippen LogP contribution < -0.4 is 0 Å². The van der Waals surface area contributed by atoms with Crippen molar-refractivity contribution in [2.75, 3.05) is 0 Å². The average Bonchev–Trinajstić information content (AvgIpc) is 1.64. The summed E-state index contributed by atoms with van der Waals surface area (Å²) in [4.78, 5) is 0. The van der Waals surface area contributed by atoms with E-state index in [1.165, 1.54) is 5.28 Å². The van der Waals surface area contributed by atoms with E-state index in [2.05, 4.69) is 25.4 Å². The van der Waals surface area contributed by atoms with E-state index in [0.29, 0.717) is 15.2 Å². The summed E-state index contributed by atoms with van der Waals surface area (Å²) in [5.41, 5.74) is 0.175. The minimum atomic E-state index is 0.175. The minimum absolute atomic E-state index is 0.175. The van der Waals surface area contributed by atoms with E-state index < -0.39 is 0 Å². The number of hydrogen-bond acceptors (Lipinski definition) is 1. The first kappa shape index (κ1) is 10.0. The molecule has 9 heavy (non-hydrogen) atoms. The monoisotopic (exact) mass is 156 g/mol. The van der Waals surface area contributed by atoms with Gasteiger partial charge in [0.1, 0.15) is 0 Å². The van der Waals surface area contributed by atoms with Gasteiger partial charge in [-0.3, -0.25) is 0 Å². The van der Waals surface area contributed by atoms with Crippen LogP contribution in [0.5, 0.6) is 0 Å². The molecule has 0 aliphatic heterocycles. The molecular formula is C6H14Al2O. The Bertz CT molecular complexity index is 65.5. The molecule has 0 aromatic heterocycles. The fourth-order valence-corrected chi connectivity index (χ4v) is 2.86. The van der Waals surface area contributed by atoms with Gasteiger partial charge in [0.15, 0.2) is 15.2 Å². The van der Waals surface area contributed by atoms with E-state index >= 15 is 0 Å². The smallest absolute Gasteiger partial charge is 0.420 e. The molecule has 0 aliphatic carbocycles. The molecule has 0 atom stereocenters. The molecule has 0 rings (SSSR count). The highest BCUT2D eigenvalue weighted by molar-refractivity contribution is 6.34. The summed E-state index contributed by atoms with van der Waals surface area (Å²) in [5, 5.41) is 1.26. The van der Waals surface area contributed by atoms with Gasteiger partial charge in [0, 0.05) is 5.60 Å². The topological polar surface area (TPSA) is 9.23 Å². The lowest BCUT2D eigenvalue weighted by atomic mass is 10.2. The van der Waals surface area contributed by atoms with Crippen molar-refractivity contribution in [3.63, 3.8) is 0 Å². The molecule has 0 aromatic carbocycles. The van der Waals surface area contributed by atoms with Crippen molar-refractivity contribution in [1.82, 2.24) is 0 Å². The van der Waals surface area contributed by atoms with Gasteiger partial charge in [-0.15, -0.1) is 5.79 Å². The summed E-state index contributed by atoms with van der Waals surface area (Å²) in [6, 6.07) is 0. The molecule has 0 fully saturated rings. The van der Waals surface area contributed by atoms with Crippen LogP contribution in [0.3, 0.4) is 0 Å². The van der Waals surface area contributed by atoms with Gasteiger partial charge in [-0.2, -0.15) is 0 Å². The SMILES string of the molecule is [CH3][Al][CH2]C(C)(C)[O][Al][CH3]. The standard InChI is InChI=1S/C4H8O.2CH3.2Al/c1-4(2,3)5;;;;/h1H2,2-3H3;2*1H3;;/q-1;;;;+1. The third-order valence-electron chi connectivity index (χ3n) is 1.13. The van der Waals surface area contributed by atoms with Crippen LogP contribution in [-0.4, -0.2) is 36.4 Å². The molecule has 0 saturated carbocycles. The fourth-order valence-electron chi connectivity index (χ4n) is 0.859. The van der Waals surface area contributed by atoms with Crippen LogP contribution in [0.15, 0.2) is 0 Å². The van der Waals surface area contributed by atoms with Crippen molar-refractivity contribution in [3.05, 3.63) is 0 Å². The van der Waals surface area contributed by atoms with E-state index in [4.69, 9.17) is 3.79 Å². The van der Waals surface area contributed by atoms with Crippen LogP contribution in [0.4, 0.5) is 0 Å². The maximum atomic E-state index is 5.57. The lowest BCUT2D eigenvalue weighted by Gasteiger charge is -2.25. The van der Waals surface area contributed by atoms with E-state index in [9.17, 15) is 0 Å². The van der Waals surface area contributed by atoms with Crippen LogP contribution in [0, 0.1) is 0 Å². The van der Waals surface area contributed by atoms with E-state index in [1.54, 1.807) is 0 Å². The Morgan fingerprint density at radius 3 is 2.22 bits per heavy atom. The number of hydrogen-bond donors (Lipinski definition) is 0. The molecule has 3 heteroatoms. The first-order valence-corrected chi connectivity index (χ1v) is 6.95. The molecule has 2 radical (unpaired) electrons. The molecule has 0 unspecified atom stereocenters. The van der Waals surface area contributed by atoms with Crippen molar-refractivity contribution in [1.29, 1.82) is 0 Å². The van der Waals surface area contributed by atoms with Gasteiger partial charge in [0.25, 0.3) is 0 Å². The van der Waals surface area contributed by atoms with Crippen molar-refractivity contribution >= 4 is 30.8 Å². The second-order valence-corrected chi connectivity index (χ2v) is 4.66. The molecule has 0 aliphatic rings. The molecule has 0 amide bonds. The Morgan fingerprint density at radius 2 is 1.89 bits per heavy atom. The predicted molar refractivity (Wildman–Crippen MR) is 43.2 cm³/mol. The highest BCUT2D eigenvalue weighted by atomic mass is 27.1. The van der Waals surface area contributed by atoms with Crippen molar-refractivity contribution in [2.45, 2.75) is 36.3 Å². The maximum absolute atomic E-state index is 5.57. The molecule has 0 N–H and O–H groups in total. The summed E-state index contributed by atoms with van der Waals surface area (Å²) in [6.45, 7) is 4.36. The molecule has 0 bridgehead atoms. The van der Waals surface area contributed by atoms with Gasteiger partial charge in [-0.1, -0.05) is 11.1 Å². The first-order valence-electron chi connectivity index (χ1n) is 3.36. The Labute approximate surface area is 70.9 Å². The lowest BCUT2D eigenvalue weighted by Crippen LogP contribution is -2.26. The molecule has 1 nitrogen and oxygen atoms in total. The van der Waals surface area contributed by atoms with Gasteiger partial charge in [0.05, 0.1) is 0 Å². The highest BCUT2D eigenvalue weighted by Crippen LogP contribution is 2.12. The zero-order chi connectivity index (χ0) is 7.33. The lowest BCUT2D eigenvalue weighted by molar-refractivity contribution is 0.140. The third kappa shape index (κ3) is 5.47. The summed E-state index contributed by atoms with van der Waals surface area (Å²) in [6.07, 6.45) is 0. The fraction of sp³-hybridized carbons (Fsp3) is 1.00. The van der Waals surface area contributed by atoms with E-state index in [1.807, 2.05) is 0 Å². The Morgan fingerprint density at radius 1 is 1.33 bits per heavy atom. The summed E-state index contributed by atoms with van der Waals surface area (Å²) in [7, 11) is 0. The minimum Gasteiger partial charge on any atom is -0.503 e. The van der Waals surface area contributed by atoms with Gasteiger partial charge in [-0.25, -0.2) is 0 Å². The molecule has 0 heterocycles. The maximum Gasteiger partial charge on any atom is 0.420 e. The normalized spacial score (nSPS) is 11.1. The van der Waals surface area contributed by atoms with E-state index in [-0.39, 0.29) is 21.2 Å². The van der Waals surface area contributed by atoms with Crippen molar-refractivity contribution in [3.8, 4) is 0 Å². The molecule has 50 valence electrons. The number of rotatable bonds is 4. The first-order chi connectivity index (χ1) is 4.12. The summed E-state index contributed by atoms with van der Waals surface area (Å²) >= 11 is 0.810. The van der Waals surface area contributed by atoms with Crippen LogP contribution in [-0.2, 0) is 3.79 Å². The predicted octanol–water partition coefficient (Wildman–Crippen LogP) is 1.62. The van der Waals surface area contributed by atoms with Gasteiger partial charge >= 0.3 is 15.6 Å².